The van der Waals surface area contributed by atoms with E-state index in [1.807, 2.05) is 26.0 Å². The number of methoxy groups -OCH3 is 1. The zero-order chi connectivity index (χ0) is 12.3. The highest BCUT2D eigenvalue weighted by Crippen LogP contribution is 2.24. The van der Waals surface area contributed by atoms with E-state index in [0.29, 0.717) is 6.42 Å². The molecule has 1 rings (SSSR count). The van der Waals surface area contributed by atoms with E-state index >= 15 is 0 Å². The lowest BCUT2D eigenvalue weighted by Crippen LogP contribution is -2.04. The molecule has 1 aromatic rings. The molecule has 0 aliphatic rings. The Morgan fingerprint density at radius 1 is 1.25 bits per heavy atom. The van der Waals surface area contributed by atoms with Gasteiger partial charge in [-0.05, 0) is 43.0 Å². The van der Waals surface area contributed by atoms with Crippen molar-refractivity contribution in [3.05, 3.63) is 28.8 Å². The number of aryl methyl sites for hydroxylation is 1. The van der Waals surface area contributed by atoms with E-state index < -0.39 is 9.05 Å². The van der Waals surface area contributed by atoms with Crippen LogP contribution in [0.3, 0.4) is 0 Å². The molecule has 0 atom stereocenters. The highest BCUT2D eigenvalue weighted by Gasteiger charge is 2.10. The average molecular weight is 263 g/mol. The summed E-state index contributed by atoms with van der Waals surface area (Å²) < 4.78 is 26.9. The smallest absolute Gasteiger partial charge is 0.232 e. The molecule has 0 bridgehead atoms. The second-order valence-electron chi connectivity index (χ2n) is 3.67. The van der Waals surface area contributed by atoms with Crippen molar-refractivity contribution in [1.29, 1.82) is 0 Å². The lowest BCUT2D eigenvalue weighted by atomic mass is 10.0. The third-order valence-corrected chi connectivity index (χ3v) is 3.84. The van der Waals surface area contributed by atoms with E-state index in [4.69, 9.17) is 15.4 Å². The van der Waals surface area contributed by atoms with Gasteiger partial charge in [0, 0.05) is 10.7 Å². The van der Waals surface area contributed by atoms with Gasteiger partial charge in [-0.25, -0.2) is 8.42 Å². The molecule has 90 valence electrons. The molecule has 0 radical (unpaired) electrons. The summed E-state index contributed by atoms with van der Waals surface area (Å²) in [4.78, 5) is 0. The van der Waals surface area contributed by atoms with Crippen LogP contribution in [0.25, 0.3) is 0 Å². The Bertz CT molecular complexity index is 480. The number of halogens is 1. The summed E-state index contributed by atoms with van der Waals surface area (Å²) in [6.07, 6.45) is 0.433. The number of ether oxygens (including phenoxy) is 1. The van der Waals surface area contributed by atoms with Crippen LogP contribution in [0.4, 0.5) is 0 Å². The summed E-state index contributed by atoms with van der Waals surface area (Å²) in [5.74, 6) is 0.774. The van der Waals surface area contributed by atoms with Gasteiger partial charge in [0.05, 0.1) is 12.9 Å². The highest BCUT2D eigenvalue weighted by atomic mass is 35.7. The third-order valence-electron chi connectivity index (χ3n) is 2.68. The first-order valence-electron chi connectivity index (χ1n) is 4.90. The maximum absolute atomic E-state index is 10.9. The standard InChI is InChI=1S/C11H15ClO3S/c1-8-9(2)11(15-3)5-4-10(8)6-7-16(12,13)14/h4-5H,6-7H2,1-3H3. The minimum atomic E-state index is -3.43. The Kier molecular flexibility index (Phi) is 4.21. The summed E-state index contributed by atoms with van der Waals surface area (Å²) in [6, 6.07) is 3.72. The monoisotopic (exact) mass is 262 g/mol. The first-order chi connectivity index (χ1) is 7.35. The van der Waals surface area contributed by atoms with Gasteiger partial charge < -0.3 is 4.74 Å². The van der Waals surface area contributed by atoms with Crippen molar-refractivity contribution in [2.45, 2.75) is 20.3 Å². The van der Waals surface area contributed by atoms with E-state index in [1.165, 1.54) is 0 Å². The summed E-state index contributed by atoms with van der Waals surface area (Å²) in [6.45, 7) is 3.90. The molecule has 0 saturated heterocycles. The molecule has 0 N–H and O–H groups in total. The van der Waals surface area contributed by atoms with Gasteiger partial charge in [-0.1, -0.05) is 6.07 Å². The van der Waals surface area contributed by atoms with Crippen molar-refractivity contribution in [2.75, 3.05) is 12.9 Å². The molecule has 0 heterocycles. The van der Waals surface area contributed by atoms with Crippen molar-refractivity contribution in [1.82, 2.24) is 0 Å². The van der Waals surface area contributed by atoms with Gasteiger partial charge in [0.1, 0.15) is 5.75 Å². The largest absolute Gasteiger partial charge is 0.496 e. The predicted octanol–water partition coefficient (Wildman–Crippen LogP) is 2.42. The fourth-order valence-electron chi connectivity index (χ4n) is 1.58. The van der Waals surface area contributed by atoms with Crippen LogP contribution in [-0.4, -0.2) is 21.3 Å². The van der Waals surface area contributed by atoms with Crippen molar-refractivity contribution >= 4 is 19.7 Å². The van der Waals surface area contributed by atoms with Gasteiger partial charge in [-0.3, -0.25) is 0 Å². The van der Waals surface area contributed by atoms with Crippen LogP contribution in [0.1, 0.15) is 16.7 Å². The molecule has 0 unspecified atom stereocenters. The molecule has 0 spiro atoms. The van der Waals surface area contributed by atoms with Gasteiger partial charge in [0.2, 0.25) is 9.05 Å². The maximum atomic E-state index is 10.9. The van der Waals surface area contributed by atoms with Gasteiger partial charge in [0.15, 0.2) is 0 Å². The molecule has 16 heavy (non-hydrogen) atoms. The van der Waals surface area contributed by atoms with E-state index in [2.05, 4.69) is 0 Å². The summed E-state index contributed by atoms with van der Waals surface area (Å²) >= 11 is 0. The van der Waals surface area contributed by atoms with Crippen LogP contribution < -0.4 is 4.74 Å². The zero-order valence-electron chi connectivity index (χ0n) is 9.58. The third kappa shape index (κ3) is 3.39. The first kappa shape index (κ1) is 13.3. The normalized spacial score (nSPS) is 11.5. The van der Waals surface area contributed by atoms with E-state index in [9.17, 15) is 8.42 Å². The Hall–Kier alpha value is -0.740. The Balaban J connectivity index is 2.95. The fourth-order valence-corrected chi connectivity index (χ4v) is 2.27. The Morgan fingerprint density at radius 3 is 2.38 bits per heavy atom. The van der Waals surface area contributed by atoms with Crippen LogP contribution in [0, 0.1) is 13.8 Å². The van der Waals surface area contributed by atoms with Gasteiger partial charge >= 0.3 is 0 Å². The van der Waals surface area contributed by atoms with Crippen molar-refractivity contribution < 1.29 is 13.2 Å². The summed E-state index contributed by atoms with van der Waals surface area (Å²) in [5.41, 5.74) is 3.08. The lowest BCUT2D eigenvalue weighted by Gasteiger charge is -2.11. The second-order valence-corrected chi connectivity index (χ2v) is 6.57. The fraction of sp³-hybridized carbons (Fsp3) is 0.455. The molecule has 0 aliphatic heterocycles. The zero-order valence-corrected chi connectivity index (χ0v) is 11.2. The van der Waals surface area contributed by atoms with Crippen LogP contribution in [0.15, 0.2) is 12.1 Å². The van der Waals surface area contributed by atoms with Gasteiger partial charge in [0.25, 0.3) is 0 Å². The lowest BCUT2D eigenvalue weighted by molar-refractivity contribution is 0.411. The number of rotatable bonds is 4. The van der Waals surface area contributed by atoms with Crippen LogP contribution in [0.5, 0.6) is 5.75 Å². The second kappa shape index (κ2) is 5.06. The molecule has 0 saturated carbocycles. The molecule has 5 heteroatoms. The predicted molar refractivity (Wildman–Crippen MR) is 65.8 cm³/mol. The molecule has 0 amide bonds. The van der Waals surface area contributed by atoms with Gasteiger partial charge in [-0.15, -0.1) is 0 Å². The molecular weight excluding hydrogens is 248 g/mol. The number of hydrogen-bond donors (Lipinski definition) is 0. The summed E-state index contributed by atoms with van der Waals surface area (Å²) in [7, 11) is 3.37. The van der Waals surface area contributed by atoms with Crippen molar-refractivity contribution in [3.63, 3.8) is 0 Å². The van der Waals surface area contributed by atoms with Crippen molar-refractivity contribution in [2.24, 2.45) is 0 Å². The molecule has 0 aliphatic carbocycles. The number of hydrogen-bond acceptors (Lipinski definition) is 3. The van der Waals surface area contributed by atoms with E-state index in [1.54, 1.807) is 7.11 Å². The minimum Gasteiger partial charge on any atom is -0.496 e. The van der Waals surface area contributed by atoms with Crippen LogP contribution >= 0.6 is 10.7 Å². The van der Waals surface area contributed by atoms with E-state index in [-0.39, 0.29) is 5.75 Å². The average Bonchev–Trinajstić information content (AvgIpc) is 2.19. The van der Waals surface area contributed by atoms with Crippen LogP contribution in [0.2, 0.25) is 0 Å². The molecule has 1 aromatic carbocycles. The highest BCUT2D eigenvalue weighted by molar-refractivity contribution is 8.13. The summed E-state index contributed by atoms with van der Waals surface area (Å²) in [5, 5.41) is 0. The topological polar surface area (TPSA) is 43.4 Å². The maximum Gasteiger partial charge on any atom is 0.232 e. The molecule has 0 fully saturated rings. The molecule has 3 nitrogen and oxygen atoms in total. The number of benzene rings is 1. The van der Waals surface area contributed by atoms with Crippen LogP contribution in [-0.2, 0) is 15.5 Å². The SMILES string of the molecule is COc1ccc(CCS(=O)(=O)Cl)c(C)c1C. The Labute approximate surface area is 101 Å². The quantitative estimate of drug-likeness (QED) is 0.783. The van der Waals surface area contributed by atoms with Gasteiger partial charge in [-0.2, -0.15) is 0 Å². The van der Waals surface area contributed by atoms with E-state index in [0.717, 1.165) is 22.4 Å². The molecule has 0 aromatic heterocycles. The Morgan fingerprint density at radius 2 is 1.88 bits per heavy atom. The minimum absolute atomic E-state index is 0.0405. The first-order valence-corrected chi connectivity index (χ1v) is 7.38. The molecular formula is C11H15ClO3S. The van der Waals surface area contributed by atoms with Crippen molar-refractivity contribution in [3.8, 4) is 5.75 Å².